The number of rotatable bonds is 4. The molecule has 3 rings (SSSR count). The van der Waals surface area contributed by atoms with Crippen LogP contribution >= 0.6 is 0 Å². The smallest absolute Gasteiger partial charge is 0.408 e. The number of nitrogens with one attached hydrogen (secondary N) is 1. The minimum absolute atomic E-state index is 0.170. The summed E-state index contributed by atoms with van der Waals surface area (Å²) < 4.78 is 6.90. The monoisotopic (exact) mass is 328 g/mol. The lowest BCUT2D eigenvalue weighted by Gasteiger charge is -2.31. The summed E-state index contributed by atoms with van der Waals surface area (Å²) in [5.74, 6) is 0.666. The van der Waals surface area contributed by atoms with E-state index in [9.17, 15) is 9.59 Å². The van der Waals surface area contributed by atoms with Gasteiger partial charge in [0.2, 0.25) is 0 Å². The van der Waals surface area contributed by atoms with Gasteiger partial charge in [0.25, 0.3) is 5.91 Å². The number of carbonyl (C=O) groups is 2. The Bertz CT molecular complexity index is 714. The molecule has 126 valence electrons. The maximum Gasteiger partial charge on any atom is 0.408 e. The van der Waals surface area contributed by atoms with Crippen LogP contribution < -0.4 is 10.3 Å². The number of amides is 2. The van der Waals surface area contributed by atoms with Crippen LogP contribution in [0, 0.1) is 0 Å². The lowest BCUT2D eigenvalue weighted by Crippen LogP contribution is -2.53. The van der Waals surface area contributed by atoms with Gasteiger partial charge in [-0.25, -0.2) is 19.5 Å². The minimum Gasteiger partial charge on any atom is -0.445 e. The molecular formula is C17H20N4O3. The van der Waals surface area contributed by atoms with Crippen LogP contribution in [-0.4, -0.2) is 34.2 Å². The molecule has 24 heavy (non-hydrogen) atoms. The Labute approximate surface area is 140 Å². The van der Waals surface area contributed by atoms with Crippen molar-refractivity contribution in [2.75, 3.05) is 11.6 Å². The van der Waals surface area contributed by atoms with E-state index in [2.05, 4.69) is 10.3 Å². The van der Waals surface area contributed by atoms with E-state index in [1.54, 1.807) is 29.0 Å². The van der Waals surface area contributed by atoms with Gasteiger partial charge in [0.05, 0.1) is 0 Å². The van der Waals surface area contributed by atoms with Gasteiger partial charge in [-0.2, -0.15) is 0 Å². The topological polar surface area (TPSA) is 76.5 Å². The number of carbonyl (C=O) groups excluding carboxylic acids is 2. The normalized spacial score (nSPS) is 14.6. The molecule has 2 amide bonds. The summed E-state index contributed by atoms with van der Waals surface area (Å²) >= 11 is 0. The van der Waals surface area contributed by atoms with Gasteiger partial charge in [-0.1, -0.05) is 30.3 Å². The van der Waals surface area contributed by atoms with Gasteiger partial charge in [-0.3, -0.25) is 4.79 Å². The van der Waals surface area contributed by atoms with Crippen molar-refractivity contribution in [2.24, 2.45) is 0 Å². The van der Waals surface area contributed by atoms with Gasteiger partial charge in [-0.05, 0) is 18.9 Å². The molecule has 1 aliphatic heterocycles. The van der Waals surface area contributed by atoms with Crippen molar-refractivity contribution < 1.29 is 14.3 Å². The van der Waals surface area contributed by atoms with E-state index in [-0.39, 0.29) is 12.5 Å². The summed E-state index contributed by atoms with van der Waals surface area (Å²) in [6.45, 7) is 2.42. The number of aromatic nitrogens is 2. The first-order valence-corrected chi connectivity index (χ1v) is 7.96. The molecule has 1 atom stereocenters. The summed E-state index contributed by atoms with van der Waals surface area (Å²) in [5.41, 5.74) is 0.894. The lowest BCUT2D eigenvalue weighted by molar-refractivity contribution is -0.121. The van der Waals surface area contributed by atoms with Crippen LogP contribution in [-0.2, 0) is 22.6 Å². The van der Waals surface area contributed by atoms with Crippen molar-refractivity contribution in [3.63, 3.8) is 0 Å². The molecule has 0 fully saturated rings. The molecule has 1 aromatic heterocycles. The van der Waals surface area contributed by atoms with E-state index in [1.807, 2.05) is 30.3 Å². The Kier molecular flexibility index (Phi) is 4.79. The van der Waals surface area contributed by atoms with Crippen molar-refractivity contribution in [3.8, 4) is 0 Å². The number of alkyl carbamates (subject to hydrolysis) is 1. The van der Waals surface area contributed by atoms with E-state index in [0.29, 0.717) is 6.54 Å². The molecule has 7 heteroatoms. The third kappa shape index (κ3) is 3.56. The van der Waals surface area contributed by atoms with Crippen molar-refractivity contribution >= 4 is 12.0 Å². The Balaban J connectivity index is 1.54. The molecule has 1 aromatic carbocycles. The van der Waals surface area contributed by atoms with Crippen LogP contribution in [0.1, 0.15) is 24.7 Å². The van der Waals surface area contributed by atoms with Crippen LogP contribution in [0.4, 0.5) is 4.79 Å². The summed E-state index contributed by atoms with van der Waals surface area (Å²) in [6.07, 6.45) is 4.52. The van der Waals surface area contributed by atoms with Crippen LogP contribution in [0.3, 0.4) is 0 Å². The van der Waals surface area contributed by atoms with Gasteiger partial charge in [0.1, 0.15) is 18.5 Å². The summed E-state index contributed by atoms with van der Waals surface area (Å²) in [7, 11) is 0. The molecule has 1 unspecified atom stereocenters. The fraction of sp³-hybridized carbons (Fsp3) is 0.353. The van der Waals surface area contributed by atoms with Crippen molar-refractivity contribution in [1.29, 1.82) is 0 Å². The van der Waals surface area contributed by atoms with Crippen LogP contribution in [0.2, 0.25) is 0 Å². The van der Waals surface area contributed by atoms with Crippen LogP contribution in [0.5, 0.6) is 0 Å². The first-order chi connectivity index (χ1) is 11.6. The van der Waals surface area contributed by atoms with E-state index < -0.39 is 12.1 Å². The highest BCUT2D eigenvalue weighted by molar-refractivity contribution is 5.92. The molecule has 0 spiro atoms. The largest absolute Gasteiger partial charge is 0.445 e. The molecule has 2 aromatic rings. The standard InChI is InChI=1S/C17H20N4O3/c1-13(19-17(23)24-12-14-6-3-2-4-7-14)16(22)21-10-5-8-15-18-9-11-20(15)21/h2-4,6-7,9,11,13H,5,8,10,12H2,1H3,(H,19,23). The Morgan fingerprint density at radius 1 is 1.33 bits per heavy atom. The molecule has 1 N–H and O–H groups in total. The third-order valence-electron chi connectivity index (χ3n) is 3.90. The third-order valence-corrected chi connectivity index (χ3v) is 3.90. The van der Waals surface area contributed by atoms with E-state index in [0.717, 1.165) is 24.2 Å². The van der Waals surface area contributed by atoms with Crippen molar-refractivity contribution in [1.82, 2.24) is 15.0 Å². The van der Waals surface area contributed by atoms with E-state index >= 15 is 0 Å². The molecule has 7 nitrogen and oxygen atoms in total. The average molecular weight is 328 g/mol. The SMILES string of the molecule is CC(NC(=O)OCc1ccccc1)C(=O)N1CCCc2nccn21. The number of hydrogen-bond donors (Lipinski definition) is 1. The zero-order valence-corrected chi connectivity index (χ0v) is 13.5. The van der Waals surface area contributed by atoms with Gasteiger partial charge in [0.15, 0.2) is 0 Å². The highest BCUT2D eigenvalue weighted by atomic mass is 16.5. The van der Waals surface area contributed by atoms with E-state index in [4.69, 9.17) is 4.74 Å². The molecule has 0 bridgehead atoms. The second-order valence-corrected chi connectivity index (χ2v) is 5.68. The number of aryl methyl sites for hydroxylation is 1. The van der Waals surface area contributed by atoms with Crippen LogP contribution in [0.25, 0.3) is 0 Å². The fourth-order valence-electron chi connectivity index (χ4n) is 2.66. The Morgan fingerprint density at radius 2 is 2.12 bits per heavy atom. The Morgan fingerprint density at radius 3 is 2.92 bits per heavy atom. The molecular weight excluding hydrogens is 308 g/mol. The number of ether oxygens (including phenoxy) is 1. The highest BCUT2D eigenvalue weighted by Gasteiger charge is 2.27. The van der Waals surface area contributed by atoms with Gasteiger partial charge in [0, 0.05) is 25.4 Å². The first-order valence-electron chi connectivity index (χ1n) is 7.96. The zero-order chi connectivity index (χ0) is 16.9. The molecule has 2 heterocycles. The highest BCUT2D eigenvalue weighted by Crippen LogP contribution is 2.11. The predicted molar refractivity (Wildman–Crippen MR) is 87.9 cm³/mol. The van der Waals surface area contributed by atoms with E-state index in [1.165, 1.54) is 0 Å². The number of imidazole rings is 1. The fourth-order valence-corrected chi connectivity index (χ4v) is 2.66. The molecule has 0 aliphatic carbocycles. The zero-order valence-electron chi connectivity index (χ0n) is 13.5. The summed E-state index contributed by atoms with van der Waals surface area (Å²) in [4.78, 5) is 28.7. The Hall–Kier alpha value is -2.83. The quantitative estimate of drug-likeness (QED) is 0.925. The maximum absolute atomic E-state index is 12.6. The number of hydrogen-bond acceptors (Lipinski definition) is 4. The second kappa shape index (κ2) is 7.16. The first kappa shape index (κ1) is 16.0. The predicted octanol–water partition coefficient (Wildman–Crippen LogP) is 1.61. The van der Waals surface area contributed by atoms with Gasteiger partial charge >= 0.3 is 6.09 Å². The van der Waals surface area contributed by atoms with Gasteiger partial charge in [-0.15, -0.1) is 0 Å². The van der Waals surface area contributed by atoms with Crippen LogP contribution in [0.15, 0.2) is 42.7 Å². The molecule has 1 aliphatic rings. The molecule has 0 saturated carbocycles. The average Bonchev–Trinajstić information content (AvgIpc) is 3.09. The summed E-state index contributed by atoms with van der Waals surface area (Å²) in [6, 6.07) is 8.71. The minimum atomic E-state index is -0.679. The molecule has 0 saturated heterocycles. The van der Waals surface area contributed by atoms with Crippen molar-refractivity contribution in [3.05, 3.63) is 54.1 Å². The number of benzene rings is 1. The maximum atomic E-state index is 12.6. The lowest BCUT2D eigenvalue weighted by atomic mass is 10.2. The van der Waals surface area contributed by atoms with Gasteiger partial charge < -0.3 is 10.1 Å². The summed E-state index contributed by atoms with van der Waals surface area (Å²) in [5, 5.41) is 4.19. The number of nitrogens with zero attached hydrogens (tertiary/aromatic N) is 3. The molecule has 0 radical (unpaired) electrons. The van der Waals surface area contributed by atoms with Crippen molar-refractivity contribution in [2.45, 2.75) is 32.4 Å². The number of fused-ring (bicyclic) bond motifs is 1. The second-order valence-electron chi connectivity index (χ2n) is 5.68.